The second kappa shape index (κ2) is 6.53. The molecule has 2 aliphatic rings. The number of nitrogens with one attached hydrogen (secondary N) is 1. The zero-order valence-electron chi connectivity index (χ0n) is 11.5. The lowest BCUT2D eigenvalue weighted by molar-refractivity contribution is -0.122. The summed E-state index contributed by atoms with van der Waals surface area (Å²) in [5, 5.41) is 3.19. The first-order valence-electron chi connectivity index (χ1n) is 7.42. The molecule has 4 heteroatoms. The van der Waals surface area contributed by atoms with Crippen molar-refractivity contribution < 1.29 is 4.79 Å². The Bertz CT molecular complexity index is 258. The fourth-order valence-corrected chi connectivity index (χ4v) is 3.12. The smallest absolute Gasteiger partial charge is 0.234 e. The molecule has 0 aromatic carbocycles. The maximum Gasteiger partial charge on any atom is 0.234 e. The topological polar surface area (TPSA) is 58.4 Å². The molecule has 0 aromatic rings. The number of hydrogen-bond acceptors (Lipinski definition) is 3. The Kier molecular flexibility index (Phi) is 5.01. The zero-order chi connectivity index (χ0) is 13.0. The van der Waals surface area contributed by atoms with E-state index in [0.717, 1.165) is 25.9 Å². The molecule has 2 fully saturated rings. The molecular formula is C14H27N3O. The van der Waals surface area contributed by atoms with Gasteiger partial charge in [0.05, 0.1) is 6.54 Å². The fourth-order valence-electron chi connectivity index (χ4n) is 3.12. The summed E-state index contributed by atoms with van der Waals surface area (Å²) >= 11 is 0. The van der Waals surface area contributed by atoms with Crippen LogP contribution in [0.5, 0.6) is 0 Å². The van der Waals surface area contributed by atoms with E-state index in [4.69, 9.17) is 5.73 Å². The van der Waals surface area contributed by atoms with Gasteiger partial charge in [0.1, 0.15) is 0 Å². The van der Waals surface area contributed by atoms with Crippen molar-refractivity contribution in [3.8, 4) is 0 Å². The summed E-state index contributed by atoms with van der Waals surface area (Å²) < 4.78 is 0. The first-order valence-corrected chi connectivity index (χ1v) is 7.42. The Morgan fingerprint density at radius 3 is 2.44 bits per heavy atom. The molecular weight excluding hydrogens is 226 g/mol. The number of carbonyl (C=O) groups is 1. The molecule has 1 saturated carbocycles. The van der Waals surface area contributed by atoms with Gasteiger partial charge in [-0.3, -0.25) is 9.69 Å². The maximum absolute atomic E-state index is 12.0. The van der Waals surface area contributed by atoms with E-state index in [1.165, 1.54) is 25.7 Å². The van der Waals surface area contributed by atoms with Gasteiger partial charge < -0.3 is 11.1 Å². The molecule has 1 heterocycles. The van der Waals surface area contributed by atoms with E-state index in [2.05, 4.69) is 17.1 Å². The van der Waals surface area contributed by atoms with Crippen molar-refractivity contribution in [3.05, 3.63) is 0 Å². The van der Waals surface area contributed by atoms with Gasteiger partial charge in [0.15, 0.2) is 0 Å². The Hall–Kier alpha value is -0.610. The van der Waals surface area contributed by atoms with Crippen LogP contribution >= 0.6 is 0 Å². The molecule has 2 rings (SSSR count). The van der Waals surface area contributed by atoms with E-state index < -0.39 is 0 Å². The summed E-state index contributed by atoms with van der Waals surface area (Å²) in [5.74, 6) is 0.693. The van der Waals surface area contributed by atoms with Crippen LogP contribution < -0.4 is 11.1 Å². The average molecular weight is 253 g/mol. The molecule has 2 atom stereocenters. The van der Waals surface area contributed by atoms with Gasteiger partial charge in [-0.05, 0) is 18.8 Å². The lowest BCUT2D eigenvalue weighted by atomic mass is 10.1. The predicted molar refractivity (Wildman–Crippen MR) is 73.2 cm³/mol. The first-order chi connectivity index (χ1) is 8.65. The van der Waals surface area contributed by atoms with Crippen molar-refractivity contribution >= 4 is 5.91 Å². The third-order valence-electron chi connectivity index (χ3n) is 4.33. The molecule has 104 valence electrons. The largest absolute Gasteiger partial charge is 0.352 e. The van der Waals surface area contributed by atoms with Crippen molar-refractivity contribution in [2.75, 3.05) is 19.6 Å². The predicted octanol–water partition coefficient (Wildman–Crippen LogP) is 1.10. The van der Waals surface area contributed by atoms with Gasteiger partial charge in [0, 0.05) is 25.2 Å². The number of nitrogens with zero attached hydrogens (tertiary/aromatic N) is 1. The highest BCUT2D eigenvalue weighted by atomic mass is 16.2. The zero-order valence-corrected chi connectivity index (χ0v) is 11.5. The Balaban J connectivity index is 1.71. The molecule has 1 aliphatic heterocycles. The summed E-state index contributed by atoms with van der Waals surface area (Å²) in [6, 6.07) is 0.643. The fraction of sp³-hybridized carbons (Fsp3) is 0.929. The summed E-state index contributed by atoms with van der Waals surface area (Å²) in [5.41, 5.74) is 5.98. The van der Waals surface area contributed by atoms with Crippen molar-refractivity contribution in [1.29, 1.82) is 0 Å². The van der Waals surface area contributed by atoms with Gasteiger partial charge in [-0.25, -0.2) is 0 Å². The summed E-state index contributed by atoms with van der Waals surface area (Å²) in [6.07, 6.45) is 7.48. The van der Waals surface area contributed by atoms with Gasteiger partial charge in [-0.1, -0.05) is 32.6 Å². The van der Waals surface area contributed by atoms with Crippen LogP contribution in [0.2, 0.25) is 0 Å². The van der Waals surface area contributed by atoms with Crippen molar-refractivity contribution in [2.45, 2.75) is 57.5 Å². The Morgan fingerprint density at radius 2 is 1.89 bits per heavy atom. The van der Waals surface area contributed by atoms with Gasteiger partial charge in [-0.15, -0.1) is 0 Å². The molecule has 1 aliphatic carbocycles. The number of nitrogens with two attached hydrogens (primary N) is 1. The minimum absolute atomic E-state index is 0.184. The lowest BCUT2D eigenvalue weighted by Crippen LogP contribution is -2.41. The third kappa shape index (κ3) is 3.95. The Labute approximate surface area is 110 Å². The molecule has 18 heavy (non-hydrogen) atoms. The number of hydrogen-bond donors (Lipinski definition) is 2. The molecule has 0 radical (unpaired) electrons. The summed E-state index contributed by atoms with van der Waals surface area (Å²) in [7, 11) is 0. The summed E-state index contributed by atoms with van der Waals surface area (Å²) in [4.78, 5) is 14.2. The monoisotopic (exact) mass is 253 g/mol. The van der Waals surface area contributed by atoms with Crippen molar-refractivity contribution in [2.24, 2.45) is 11.7 Å². The van der Waals surface area contributed by atoms with E-state index >= 15 is 0 Å². The maximum atomic E-state index is 12.0. The third-order valence-corrected chi connectivity index (χ3v) is 4.33. The molecule has 2 unspecified atom stereocenters. The van der Waals surface area contributed by atoms with Crippen LogP contribution in [0.15, 0.2) is 0 Å². The normalized spacial score (nSPS) is 31.2. The van der Waals surface area contributed by atoms with E-state index in [-0.39, 0.29) is 11.9 Å². The van der Waals surface area contributed by atoms with Gasteiger partial charge >= 0.3 is 0 Å². The van der Waals surface area contributed by atoms with Crippen LogP contribution in [0, 0.1) is 5.92 Å². The average Bonchev–Trinajstić information content (AvgIpc) is 2.55. The number of likely N-dealkylation sites (tertiary alicyclic amines) is 1. The minimum atomic E-state index is 0.184. The molecule has 3 N–H and O–H groups in total. The van der Waals surface area contributed by atoms with Crippen LogP contribution in [0.4, 0.5) is 0 Å². The quantitative estimate of drug-likeness (QED) is 0.741. The van der Waals surface area contributed by atoms with E-state index in [9.17, 15) is 4.79 Å². The highest BCUT2D eigenvalue weighted by Crippen LogP contribution is 2.17. The van der Waals surface area contributed by atoms with Crippen LogP contribution in [-0.4, -0.2) is 42.5 Å². The summed E-state index contributed by atoms with van der Waals surface area (Å²) in [6.45, 7) is 4.50. The van der Waals surface area contributed by atoms with E-state index in [1.807, 2.05) is 0 Å². The molecule has 4 nitrogen and oxygen atoms in total. The second-order valence-corrected chi connectivity index (χ2v) is 6.09. The first kappa shape index (κ1) is 13.8. The van der Waals surface area contributed by atoms with Crippen LogP contribution in [-0.2, 0) is 4.79 Å². The minimum Gasteiger partial charge on any atom is -0.352 e. The second-order valence-electron chi connectivity index (χ2n) is 6.09. The highest BCUT2D eigenvalue weighted by molar-refractivity contribution is 5.78. The van der Waals surface area contributed by atoms with Crippen LogP contribution in [0.3, 0.4) is 0 Å². The van der Waals surface area contributed by atoms with Gasteiger partial charge in [0.25, 0.3) is 0 Å². The number of rotatable bonds is 3. The highest BCUT2D eigenvalue weighted by Gasteiger charge is 2.28. The van der Waals surface area contributed by atoms with Gasteiger partial charge in [-0.2, -0.15) is 0 Å². The van der Waals surface area contributed by atoms with Crippen molar-refractivity contribution in [3.63, 3.8) is 0 Å². The number of amides is 1. The number of carbonyl (C=O) groups excluding carboxylic acids is 1. The molecule has 0 aromatic heterocycles. The standard InChI is InChI=1S/C14H27N3O/c1-11-8-17(9-13(11)15)10-14(18)16-12-6-4-2-3-5-7-12/h11-13H,2-10,15H2,1H3,(H,16,18). The lowest BCUT2D eigenvalue weighted by Gasteiger charge is -2.19. The molecule has 1 saturated heterocycles. The molecule has 1 amide bonds. The SMILES string of the molecule is CC1CN(CC(=O)NC2CCCCCC2)CC1N. The molecule has 0 bridgehead atoms. The van der Waals surface area contributed by atoms with Gasteiger partial charge in [0.2, 0.25) is 5.91 Å². The Morgan fingerprint density at radius 1 is 1.22 bits per heavy atom. The van der Waals surface area contributed by atoms with Crippen LogP contribution in [0.25, 0.3) is 0 Å². The van der Waals surface area contributed by atoms with Crippen molar-refractivity contribution in [1.82, 2.24) is 10.2 Å². The van der Waals surface area contributed by atoms with E-state index in [0.29, 0.717) is 18.5 Å². The van der Waals surface area contributed by atoms with E-state index in [1.54, 1.807) is 0 Å². The molecule has 0 spiro atoms. The van der Waals surface area contributed by atoms with Crippen LogP contribution in [0.1, 0.15) is 45.4 Å².